The summed E-state index contributed by atoms with van der Waals surface area (Å²) in [6.45, 7) is 8.79. The number of rotatable bonds is 12. The van der Waals surface area contributed by atoms with Crippen molar-refractivity contribution in [1.82, 2.24) is 15.5 Å². The van der Waals surface area contributed by atoms with E-state index in [4.69, 9.17) is 14.2 Å². The van der Waals surface area contributed by atoms with Gasteiger partial charge in [-0.25, -0.2) is 4.99 Å². The van der Waals surface area contributed by atoms with Gasteiger partial charge in [0, 0.05) is 33.3 Å². The maximum Gasteiger partial charge on any atom is 0.191 e. The largest absolute Gasteiger partial charge is 0.493 e. The molecule has 148 valence electrons. The van der Waals surface area contributed by atoms with Crippen molar-refractivity contribution in [3.63, 3.8) is 0 Å². The molecular weight excluding hydrogens is 332 g/mol. The quantitative estimate of drug-likeness (QED) is 0.433. The number of aliphatic imine (C=N–C) groups is 1. The minimum absolute atomic E-state index is 0.0638. The molecule has 0 aliphatic carbocycles. The number of ether oxygens (including phenoxy) is 3. The van der Waals surface area contributed by atoms with Gasteiger partial charge in [-0.15, -0.1) is 0 Å². The van der Waals surface area contributed by atoms with Crippen LogP contribution in [0.3, 0.4) is 0 Å². The highest BCUT2D eigenvalue weighted by molar-refractivity contribution is 5.79. The van der Waals surface area contributed by atoms with Gasteiger partial charge in [0.05, 0.1) is 20.3 Å². The molecule has 1 aromatic rings. The maximum absolute atomic E-state index is 5.94. The lowest BCUT2D eigenvalue weighted by Gasteiger charge is -2.19. The summed E-state index contributed by atoms with van der Waals surface area (Å²) in [6, 6.07) is 7.64. The van der Waals surface area contributed by atoms with Crippen LogP contribution in [-0.4, -0.2) is 77.6 Å². The second-order valence-electron chi connectivity index (χ2n) is 6.02. The normalized spacial score (nSPS) is 12.8. The zero-order valence-corrected chi connectivity index (χ0v) is 16.7. The summed E-state index contributed by atoms with van der Waals surface area (Å²) < 4.78 is 16.3. The zero-order valence-electron chi connectivity index (χ0n) is 16.7. The first kappa shape index (κ1) is 22.1. The third kappa shape index (κ3) is 8.92. The first-order valence-corrected chi connectivity index (χ1v) is 9.10. The number of hydrogen-bond acceptors (Lipinski definition) is 5. The van der Waals surface area contributed by atoms with Crippen LogP contribution in [0.5, 0.6) is 11.5 Å². The van der Waals surface area contributed by atoms with E-state index in [1.165, 1.54) is 0 Å². The number of guanidine groups is 1. The Kier molecular flexibility index (Phi) is 11.2. The van der Waals surface area contributed by atoms with Crippen LogP contribution in [0.4, 0.5) is 0 Å². The molecule has 1 atom stereocenters. The van der Waals surface area contributed by atoms with Crippen molar-refractivity contribution in [1.29, 1.82) is 0 Å². The standard InChI is InChI=1S/C19H34N4O3/c1-6-20-19(21-11-12-23(3)13-14-24-4)22-15-16(2)26-18-10-8-7-9-17(18)25-5/h7-10,16H,6,11-15H2,1-5H3,(H2,20,21,22). The Bertz CT molecular complexity index is 525. The Labute approximate surface area is 157 Å². The van der Waals surface area contributed by atoms with Gasteiger partial charge in [-0.1, -0.05) is 12.1 Å². The first-order chi connectivity index (χ1) is 12.6. The molecule has 0 spiro atoms. The summed E-state index contributed by atoms with van der Waals surface area (Å²) in [5.41, 5.74) is 0. The highest BCUT2D eigenvalue weighted by Crippen LogP contribution is 2.26. The monoisotopic (exact) mass is 366 g/mol. The van der Waals surface area contributed by atoms with Gasteiger partial charge >= 0.3 is 0 Å². The number of nitrogens with zero attached hydrogens (tertiary/aromatic N) is 2. The molecule has 0 aliphatic rings. The van der Waals surface area contributed by atoms with E-state index >= 15 is 0 Å². The van der Waals surface area contributed by atoms with Crippen molar-refractivity contribution in [3.8, 4) is 11.5 Å². The second-order valence-corrected chi connectivity index (χ2v) is 6.02. The van der Waals surface area contributed by atoms with Crippen LogP contribution >= 0.6 is 0 Å². The molecule has 0 saturated carbocycles. The molecule has 0 saturated heterocycles. The molecule has 1 rings (SSSR count). The predicted molar refractivity (Wildman–Crippen MR) is 106 cm³/mol. The summed E-state index contributed by atoms with van der Waals surface area (Å²) in [6.07, 6.45) is -0.0638. The predicted octanol–water partition coefficient (Wildman–Crippen LogP) is 1.60. The van der Waals surface area contributed by atoms with Crippen molar-refractivity contribution in [2.75, 3.05) is 60.6 Å². The van der Waals surface area contributed by atoms with E-state index < -0.39 is 0 Å². The molecule has 0 fully saturated rings. The SMILES string of the molecule is CCNC(=NCC(C)Oc1ccccc1OC)NCCN(C)CCOC. The Balaban J connectivity index is 2.46. The zero-order chi connectivity index (χ0) is 19.2. The molecule has 7 nitrogen and oxygen atoms in total. The van der Waals surface area contributed by atoms with Gasteiger partial charge in [-0.3, -0.25) is 0 Å². The van der Waals surface area contributed by atoms with Gasteiger partial charge in [0.1, 0.15) is 6.10 Å². The summed E-state index contributed by atoms with van der Waals surface area (Å²) >= 11 is 0. The van der Waals surface area contributed by atoms with Crippen LogP contribution in [0.1, 0.15) is 13.8 Å². The Morgan fingerprint density at radius 2 is 1.88 bits per heavy atom. The van der Waals surface area contributed by atoms with Crippen LogP contribution < -0.4 is 20.1 Å². The van der Waals surface area contributed by atoms with Gasteiger partial charge in [0.2, 0.25) is 0 Å². The van der Waals surface area contributed by atoms with Gasteiger partial charge in [-0.2, -0.15) is 0 Å². The van der Waals surface area contributed by atoms with Crippen molar-refractivity contribution in [2.24, 2.45) is 4.99 Å². The molecule has 7 heteroatoms. The molecule has 0 aliphatic heterocycles. The molecule has 0 bridgehead atoms. The smallest absolute Gasteiger partial charge is 0.191 e. The van der Waals surface area contributed by atoms with E-state index in [0.29, 0.717) is 6.54 Å². The lowest BCUT2D eigenvalue weighted by Crippen LogP contribution is -2.41. The second kappa shape index (κ2) is 13.2. The van der Waals surface area contributed by atoms with E-state index in [1.807, 2.05) is 31.2 Å². The van der Waals surface area contributed by atoms with Crippen LogP contribution in [0.15, 0.2) is 29.3 Å². The molecule has 26 heavy (non-hydrogen) atoms. The summed E-state index contributed by atoms with van der Waals surface area (Å²) in [4.78, 5) is 6.83. The molecule has 0 amide bonds. The fourth-order valence-electron chi connectivity index (χ4n) is 2.26. The summed E-state index contributed by atoms with van der Waals surface area (Å²) in [5.74, 6) is 2.26. The van der Waals surface area contributed by atoms with Gasteiger partial charge < -0.3 is 29.7 Å². The molecule has 2 N–H and O–H groups in total. The van der Waals surface area contributed by atoms with Crippen molar-refractivity contribution < 1.29 is 14.2 Å². The van der Waals surface area contributed by atoms with Crippen LogP contribution in [0.2, 0.25) is 0 Å². The number of nitrogens with one attached hydrogen (secondary N) is 2. The summed E-state index contributed by atoms with van der Waals surface area (Å²) in [7, 11) is 5.44. The van der Waals surface area contributed by atoms with Crippen LogP contribution in [0, 0.1) is 0 Å². The van der Waals surface area contributed by atoms with Gasteiger partial charge in [0.25, 0.3) is 0 Å². The summed E-state index contributed by atoms with van der Waals surface area (Å²) in [5, 5.41) is 6.60. The molecular formula is C19H34N4O3. The molecule has 0 heterocycles. The van der Waals surface area contributed by atoms with Crippen molar-refractivity contribution in [2.45, 2.75) is 20.0 Å². The third-order valence-electron chi connectivity index (χ3n) is 3.71. The number of methoxy groups -OCH3 is 2. The number of hydrogen-bond donors (Lipinski definition) is 2. The average Bonchev–Trinajstić information content (AvgIpc) is 2.64. The number of benzene rings is 1. The minimum Gasteiger partial charge on any atom is -0.493 e. The topological polar surface area (TPSA) is 67.4 Å². The first-order valence-electron chi connectivity index (χ1n) is 9.10. The Morgan fingerprint density at radius 3 is 2.54 bits per heavy atom. The fourth-order valence-corrected chi connectivity index (χ4v) is 2.26. The minimum atomic E-state index is -0.0638. The number of para-hydroxylation sites is 2. The van der Waals surface area contributed by atoms with E-state index in [-0.39, 0.29) is 6.10 Å². The third-order valence-corrected chi connectivity index (χ3v) is 3.71. The van der Waals surface area contributed by atoms with Gasteiger partial charge in [0.15, 0.2) is 17.5 Å². The Hall–Kier alpha value is -1.99. The lowest BCUT2D eigenvalue weighted by molar-refractivity contribution is 0.162. The Morgan fingerprint density at radius 1 is 1.15 bits per heavy atom. The van der Waals surface area contributed by atoms with Gasteiger partial charge in [-0.05, 0) is 33.0 Å². The van der Waals surface area contributed by atoms with E-state index in [9.17, 15) is 0 Å². The lowest BCUT2D eigenvalue weighted by atomic mass is 10.3. The highest BCUT2D eigenvalue weighted by atomic mass is 16.5. The average molecular weight is 367 g/mol. The maximum atomic E-state index is 5.94. The number of likely N-dealkylation sites (N-methyl/N-ethyl adjacent to an activating group) is 1. The van der Waals surface area contributed by atoms with E-state index in [0.717, 1.165) is 50.2 Å². The molecule has 0 aromatic heterocycles. The fraction of sp³-hybridized carbons (Fsp3) is 0.632. The molecule has 1 aromatic carbocycles. The molecule has 1 unspecified atom stereocenters. The van der Waals surface area contributed by atoms with Crippen molar-refractivity contribution in [3.05, 3.63) is 24.3 Å². The van der Waals surface area contributed by atoms with E-state index in [2.05, 4.69) is 34.5 Å². The van der Waals surface area contributed by atoms with Crippen molar-refractivity contribution >= 4 is 5.96 Å². The molecule has 0 radical (unpaired) electrons. The highest BCUT2D eigenvalue weighted by Gasteiger charge is 2.08. The van der Waals surface area contributed by atoms with Crippen LogP contribution in [-0.2, 0) is 4.74 Å². The van der Waals surface area contributed by atoms with E-state index in [1.54, 1.807) is 14.2 Å². The van der Waals surface area contributed by atoms with Crippen LogP contribution in [0.25, 0.3) is 0 Å².